The average Bonchev–Trinajstić information content (AvgIpc) is 2.94. The number of aliphatic hydroxyl groups excluding tert-OH is 1. The molecule has 0 aromatic heterocycles. The minimum Gasteiger partial charge on any atom is -0.507 e. The van der Waals surface area contributed by atoms with Gasteiger partial charge in [0.05, 0.1) is 5.56 Å². The van der Waals surface area contributed by atoms with Gasteiger partial charge in [0.2, 0.25) is 0 Å². The fraction of sp³-hybridized carbons (Fsp3) is 0.312. The zero-order valence-electron chi connectivity index (χ0n) is 11.1. The fourth-order valence-corrected chi connectivity index (χ4v) is 2.74. The number of hydrogen-bond acceptors (Lipinski definition) is 3. The lowest BCUT2D eigenvalue weighted by atomic mass is 10.1. The molecule has 104 valence electrons. The highest BCUT2D eigenvalue weighted by atomic mass is 16.3. The molecule has 1 atom stereocenters. The molecular formula is C16H17NO3. The van der Waals surface area contributed by atoms with E-state index in [1.54, 1.807) is 17.0 Å². The average molecular weight is 271 g/mol. The number of carbonyl (C=O) groups excluding carboxylic acids is 1. The van der Waals surface area contributed by atoms with Crippen LogP contribution in [0.15, 0.2) is 36.4 Å². The molecule has 2 aromatic rings. The van der Waals surface area contributed by atoms with Gasteiger partial charge in [0.1, 0.15) is 5.75 Å². The predicted molar refractivity (Wildman–Crippen MR) is 76.7 cm³/mol. The summed E-state index contributed by atoms with van der Waals surface area (Å²) in [4.78, 5) is 14.2. The molecule has 0 aliphatic carbocycles. The van der Waals surface area contributed by atoms with Crippen LogP contribution < -0.4 is 0 Å². The SMILES string of the molecule is O=C(c1cc2ccccc2cc1O)N1CCC(CO)C1. The van der Waals surface area contributed by atoms with Crippen LogP contribution in [0.25, 0.3) is 10.8 Å². The molecule has 2 aromatic carbocycles. The van der Waals surface area contributed by atoms with Crippen molar-refractivity contribution < 1.29 is 15.0 Å². The van der Waals surface area contributed by atoms with Crippen LogP contribution in [-0.4, -0.2) is 40.7 Å². The number of amides is 1. The first-order chi connectivity index (χ1) is 9.69. The van der Waals surface area contributed by atoms with Gasteiger partial charge in [-0.2, -0.15) is 0 Å². The number of aliphatic hydroxyl groups is 1. The first kappa shape index (κ1) is 12.9. The second-order valence-electron chi connectivity index (χ2n) is 5.30. The minimum absolute atomic E-state index is 0.0150. The highest BCUT2D eigenvalue weighted by Crippen LogP contribution is 2.27. The maximum atomic E-state index is 12.5. The number of rotatable bonds is 2. The quantitative estimate of drug-likeness (QED) is 0.878. The lowest BCUT2D eigenvalue weighted by molar-refractivity contribution is 0.0779. The van der Waals surface area contributed by atoms with Crippen LogP contribution >= 0.6 is 0 Å². The zero-order valence-corrected chi connectivity index (χ0v) is 11.1. The lowest BCUT2D eigenvalue weighted by Gasteiger charge is -2.17. The molecule has 4 heteroatoms. The van der Waals surface area contributed by atoms with Gasteiger partial charge in [-0.15, -0.1) is 0 Å². The second-order valence-corrected chi connectivity index (χ2v) is 5.30. The molecule has 1 amide bonds. The van der Waals surface area contributed by atoms with Crippen molar-refractivity contribution >= 4 is 16.7 Å². The van der Waals surface area contributed by atoms with Crippen LogP contribution in [0.3, 0.4) is 0 Å². The molecule has 1 fully saturated rings. The first-order valence-electron chi connectivity index (χ1n) is 6.81. The molecule has 1 aliphatic rings. The summed E-state index contributed by atoms with van der Waals surface area (Å²) in [6.07, 6.45) is 0.816. The van der Waals surface area contributed by atoms with Gasteiger partial charge in [0.25, 0.3) is 5.91 Å². The number of nitrogens with zero attached hydrogens (tertiary/aromatic N) is 1. The molecule has 1 heterocycles. The van der Waals surface area contributed by atoms with Crippen LogP contribution in [0.4, 0.5) is 0 Å². The summed E-state index contributed by atoms with van der Waals surface area (Å²) in [5.41, 5.74) is 0.335. The van der Waals surface area contributed by atoms with Crippen molar-refractivity contribution in [3.05, 3.63) is 42.0 Å². The zero-order chi connectivity index (χ0) is 14.1. The van der Waals surface area contributed by atoms with E-state index in [-0.39, 0.29) is 24.2 Å². The molecule has 0 saturated carbocycles. The Morgan fingerprint density at radius 3 is 2.60 bits per heavy atom. The van der Waals surface area contributed by atoms with Crippen LogP contribution in [0, 0.1) is 5.92 Å². The van der Waals surface area contributed by atoms with Crippen molar-refractivity contribution in [1.82, 2.24) is 4.90 Å². The van der Waals surface area contributed by atoms with E-state index in [9.17, 15) is 9.90 Å². The van der Waals surface area contributed by atoms with Crippen molar-refractivity contribution in [2.45, 2.75) is 6.42 Å². The molecule has 20 heavy (non-hydrogen) atoms. The van der Waals surface area contributed by atoms with Crippen LogP contribution in [0.1, 0.15) is 16.8 Å². The number of likely N-dealkylation sites (tertiary alicyclic amines) is 1. The van der Waals surface area contributed by atoms with Crippen molar-refractivity contribution in [1.29, 1.82) is 0 Å². The Hall–Kier alpha value is -2.07. The number of hydrogen-bond donors (Lipinski definition) is 2. The molecule has 1 saturated heterocycles. The molecule has 0 radical (unpaired) electrons. The second kappa shape index (κ2) is 5.13. The van der Waals surface area contributed by atoms with Crippen LogP contribution in [-0.2, 0) is 0 Å². The summed E-state index contributed by atoms with van der Waals surface area (Å²) < 4.78 is 0. The third-order valence-electron chi connectivity index (χ3n) is 3.93. The smallest absolute Gasteiger partial charge is 0.257 e. The predicted octanol–water partition coefficient (Wildman–Crippen LogP) is 2.00. The summed E-state index contributed by atoms with van der Waals surface area (Å²) in [7, 11) is 0. The number of phenolic OH excluding ortho intramolecular Hbond substituents is 1. The first-order valence-corrected chi connectivity index (χ1v) is 6.81. The van der Waals surface area contributed by atoms with Crippen molar-refractivity contribution in [2.75, 3.05) is 19.7 Å². The summed E-state index contributed by atoms with van der Waals surface area (Å²) in [5, 5.41) is 21.1. The molecule has 4 nitrogen and oxygen atoms in total. The topological polar surface area (TPSA) is 60.8 Å². The van der Waals surface area contributed by atoms with Crippen molar-refractivity contribution in [3.63, 3.8) is 0 Å². The van der Waals surface area contributed by atoms with Gasteiger partial charge in [-0.1, -0.05) is 24.3 Å². The number of aromatic hydroxyl groups is 1. The number of benzene rings is 2. The van der Waals surface area contributed by atoms with Gasteiger partial charge in [-0.3, -0.25) is 4.79 Å². The van der Waals surface area contributed by atoms with E-state index in [2.05, 4.69) is 0 Å². The van der Waals surface area contributed by atoms with Gasteiger partial charge < -0.3 is 15.1 Å². The molecular weight excluding hydrogens is 254 g/mol. The van der Waals surface area contributed by atoms with Crippen LogP contribution in [0.2, 0.25) is 0 Å². The van der Waals surface area contributed by atoms with E-state index in [4.69, 9.17) is 5.11 Å². The molecule has 1 aliphatic heterocycles. The summed E-state index contributed by atoms with van der Waals surface area (Å²) >= 11 is 0. The highest BCUT2D eigenvalue weighted by Gasteiger charge is 2.27. The number of phenols is 1. The van der Waals surface area contributed by atoms with E-state index < -0.39 is 0 Å². The van der Waals surface area contributed by atoms with E-state index in [0.717, 1.165) is 17.2 Å². The van der Waals surface area contributed by atoms with Gasteiger partial charge >= 0.3 is 0 Å². The van der Waals surface area contributed by atoms with Gasteiger partial charge in [0.15, 0.2) is 0 Å². The monoisotopic (exact) mass is 271 g/mol. The Bertz CT molecular complexity index is 653. The standard InChI is InChI=1S/C16H17NO3/c18-10-11-5-6-17(9-11)16(20)14-7-12-3-1-2-4-13(12)8-15(14)19/h1-4,7-8,11,18-19H,5-6,9-10H2. The Morgan fingerprint density at radius 1 is 1.25 bits per heavy atom. The highest BCUT2D eigenvalue weighted by molar-refractivity contribution is 6.01. The maximum Gasteiger partial charge on any atom is 0.257 e. The number of fused-ring (bicyclic) bond motifs is 1. The van der Waals surface area contributed by atoms with E-state index in [1.165, 1.54) is 0 Å². The Morgan fingerprint density at radius 2 is 1.95 bits per heavy atom. The molecule has 1 unspecified atom stereocenters. The maximum absolute atomic E-state index is 12.5. The van der Waals surface area contributed by atoms with E-state index >= 15 is 0 Å². The summed E-state index contributed by atoms with van der Waals surface area (Å²) in [6, 6.07) is 11.0. The molecule has 3 rings (SSSR count). The largest absolute Gasteiger partial charge is 0.507 e. The van der Waals surface area contributed by atoms with Crippen LogP contribution in [0.5, 0.6) is 5.75 Å². The Labute approximate surface area is 117 Å². The van der Waals surface area contributed by atoms with E-state index in [1.807, 2.05) is 24.3 Å². The third-order valence-corrected chi connectivity index (χ3v) is 3.93. The van der Waals surface area contributed by atoms with E-state index in [0.29, 0.717) is 18.7 Å². The fourth-order valence-electron chi connectivity index (χ4n) is 2.74. The van der Waals surface area contributed by atoms with Crippen molar-refractivity contribution in [2.24, 2.45) is 5.92 Å². The van der Waals surface area contributed by atoms with Gasteiger partial charge in [-0.25, -0.2) is 0 Å². The number of carbonyl (C=O) groups is 1. The Kier molecular flexibility index (Phi) is 3.32. The summed E-state index contributed by atoms with van der Waals surface area (Å²) in [6.45, 7) is 1.30. The third kappa shape index (κ3) is 2.23. The van der Waals surface area contributed by atoms with Gasteiger partial charge in [-0.05, 0) is 29.3 Å². The minimum atomic E-state index is -0.163. The van der Waals surface area contributed by atoms with Crippen molar-refractivity contribution in [3.8, 4) is 5.75 Å². The Balaban J connectivity index is 1.93. The lowest BCUT2D eigenvalue weighted by Crippen LogP contribution is -2.29. The van der Waals surface area contributed by atoms with Gasteiger partial charge in [0, 0.05) is 25.6 Å². The molecule has 2 N–H and O–H groups in total. The molecule has 0 spiro atoms. The summed E-state index contributed by atoms with van der Waals surface area (Å²) in [5.74, 6) is 0.00639. The normalized spacial score (nSPS) is 18.6. The molecule has 0 bridgehead atoms.